The summed E-state index contributed by atoms with van der Waals surface area (Å²) < 4.78 is 15.0. The topological polar surface area (TPSA) is 118 Å². The normalized spacial score (nSPS) is 12.8. The van der Waals surface area contributed by atoms with Gasteiger partial charge in [0.15, 0.2) is 5.82 Å². The SMILES string of the molecule is N#Cc1c(F)c(Cl)cc(Br)c1-n1c(N)c2c(cc1=O)C(=O)NC2=O. The number of pyridine rings is 1. The summed E-state index contributed by atoms with van der Waals surface area (Å²) in [5.74, 6) is -2.97. The molecule has 0 spiro atoms. The molecule has 1 aliphatic rings. The van der Waals surface area contributed by atoms with Crippen molar-refractivity contribution in [1.82, 2.24) is 9.88 Å². The largest absolute Gasteiger partial charge is 0.384 e. The number of carbonyl (C=O) groups is 2. The summed E-state index contributed by atoms with van der Waals surface area (Å²) in [5.41, 5.74) is 3.91. The zero-order chi connectivity index (χ0) is 17.8. The quantitative estimate of drug-likeness (QED) is 0.547. The first-order chi connectivity index (χ1) is 11.3. The molecular weight excluding hydrogens is 407 g/mol. The fourth-order valence-corrected chi connectivity index (χ4v) is 3.36. The Kier molecular flexibility index (Phi) is 3.66. The van der Waals surface area contributed by atoms with Gasteiger partial charge in [-0.2, -0.15) is 5.26 Å². The van der Waals surface area contributed by atoms with E-state index in [1.54, 1.807) is 6.07 Å². The number of halogens is 3. The van der Waals surface area contributed by atoms with Crippen molar-refractivity contribution in [3.8, 4) is 11.8 Å². The number of nitrogens with two attached hydrogens (primary N) is 1. The second-order valence-electron chi connectivity index (χ2n) is 4.76. The molecule has 3 rings (SSSR count). The van der Waals surface area contributed by atoms with Crippen LogP contribution in [0.2, 0.25) is 5.02 Å². The summed E-state index contributed by atoms with van der Waals surface area (Å²) in [4.78, 5) is 35.9. The van der Waals surface area contributed by atoms with E-state index >= 15 is 0 Å². The number of nitrogens with one attached hydrogen (secondary N) is 1. The smallest absolute Gasteiger partial charge is 0.262 e. The average molecular weight is 412 g/mol. The van der Waals surface area contributed by atoms with Crippen LogP contribution in [0.5, 0.6) is 0 Å². The minimum absolute atomic E-state index is 0.115. The molecular formula is C14H5BrClFN4O3. The van der Waals surface area contributed by atoms with Gasteiger partial charge < -0.3 is 5.73 Å². The van der Waals surface area contributed by atoms with Crippen LogP contribution in [0.15, 0.2) is 21.4 Å². The number of rotatable bonds is 1. The molecule has 0 aliphatic carbocycles. The van der Waals surface area contributed by atoms with Gasteiger partial charge in [0.1, 0.15) is 17.5 Å². The highest BCUT2D eigenvalue weighted by Gasteiger charge is 2.33. The van der Waals surface area contributed by atoms with Gasteiger partial charge in [0.25, 0.3) is 17.4 Å². The fourth-order valence-electron chi connectivity index (χ4n) is 2.42. The Balaban J connectivity index is 2.47. The van der Waals surface area contributed by atoms with Crippen molar-refractivity contribution in [2.45, 2.75) is 0 Å². The van der Waals surface area contributed by atoms with Gasteiger partial charge in [-0.3, -0.25) is 24.3 Å². The third kappa shape index (κ3) is 2.11. The summed E-state index contributed by atoms with van der Waals surface area (Å²) >= 11 is 8.79. The number of fused-ring (bicyclic) bond motifs is 1. The zero-order valence-corrected chi connectivity index (χ0v) is 13.8. The number of nitriles is 1. The van der Waals surface area contributed by atoms with Crippen molar-refractivity contribution in [3.05, 3.63) is 54.5 Å². The highest BCUT2D eigenvalue weighted by Crippen LogP contribution is 2.33. The molecule has 0 radical (unpaired) electrons. The van der Waals surface area contributed by atoms with Crippen LogP contribution in [0.4, 0.5) is 10.2 Å². The molecule has 120 valence electrons. The van der Waals surface area contributed by atoms with Crippen LogP contribution >= 0.6 is 27.5 Å². The molecule has 0 atom stereocenters. The average Bonchev–Trinajstić information content (AvgIpc) is 2.79. The number of nitrogens with zero attached hydrogens (tertiary/aromatic N) is 2. The van der Waals surface area contributed by atoms with Crippen molar-refractivity contribution in [1.29, 1.82) is 5.26 Å². The molecule has 0 saturated carbocycles. The highest BCUT2D eigenvalue weighted by atomic mass is 79.9. The maximum absolute atomic E-state index is 14.1. The molecule has 0 saturated heterocycles. The van der Waals surface area contributed by atoms with Gasteiger partial charge in [0.2, 0.25) is 0 Å². The lowest BCUT2D eigenvalue weighted by atomic mass is 10.1. The molecule has 7 nitrogen and oxygen atoms in total. The second-order valence-corrected chi connectivity index (χ2v) is 6.03. The van der Waals surface area contributed by atoms with E-state index in [0.29, 0.717) is 0 Å². The lowest BCUT2D eigenvalue weighted by Gasteiger charge is -2.15. The standard InChI is InChI=1S/C14H5BrClFN4O3/c15-6-2-7(16)10(17)5(3-18)11(6)21-8(22)1-4-9(12(21)19)14(24)20-13(4)23/h1-2H,19H2,(H,20,23,24). The Labute approximate surface area is 146 Å². The van der Waals surface area contributed by atoms with Gasteiger partial charge in [-0.1, -0.05) is 11.6 Å². The molecule has 2 aromatic rings. The van der Waals surface area contributed by atoms with E-state index in [1.807, 2.05) is 5.32 Å². The lowest BCUT2D eigenvalue weighted by Crippen LogP contribution is -2.25. The maximum atomic E-state index is 14.1. The van der Waals surface area contributed by atoms with Crippen molar-refractivity contribution in [2.24, 2.45) is 0 Å². The molecule has 24 heavy (non-hydrogen) atoms. The van der Waals surface area contributed by atoms with Crippen LogP contribution in [0.1, 0.15) is 26.3 Å². The molecule has 2 amide bonds. The Bertz CT molecular complexity index is 1060. The number of hydrogen-bond acceptors (Lipinski definition) is 5. The molecule has 1 aromatic heterocycles. The van der Waals surface area contributed by atoms with Crippen LogP contribution in [0.25, 0.3) is 5.69 Å². The second kappa shape index (κ2) is 5.43. The molecule has 0 fully saturated rings. The minimum Gasteiger partial charge on any atom is -0.384 e. The van der Waals surface area contributed by atoms with E-state index in [1.165, 1.54) is 0 Å². The molecule has 0 unspecified atom stereocenters. The first-order valence-electron chi connectivity index (χ1n) is 6.27. The van der Waals surface area contributed by atoms with E-state index in [-0.39, 0.29) is 32.1 Å². The van der Waals surface area contributed by atoms with Crippen molar-refractivity contribution < 1.29 is 14.0 Å². The van der Waals surface area contributed by atoms with E-state index in [4.69, 9.17) is 17.3 Å². The van der Waals surface area contributed by atoms with E-state index in [2.05, 4.69) is 15.9 Å². The number of carbonyl (C=O) groups excluding carboxylic acids is 2. The summed E-state index contributed by atoms with van der Waals surface area (Å²) in [7, 11) is 0. The van der Waals surface area contributed by atoms with Gasteiger partial charge in [0, 0.05) is 10.5 Å². The van der Waals surface area contributed by atoms with Gasteiger partial charge in [-0.05, 0) is 22.0 Å². The Morgan fingerprint density at radius 1 is 1.29 bits per heavy atom. The molecule has 1 aliphatic heterocycles. The predicted octanol–water partition coefficient (Wildman–Crippen LogP) is 1.73. The fraction of sp³-hybridized carbons (Fsp3) is 0. The van der Waals surface area contributed by atoms with Crippen LogP contribution in [-0.4, -0.2) is 16.4 Å². The summed E-state index contributed by atoms with van der Waals surface area (Å²) in [6, 6.07) is 3.66. The molecule has 10 heteroatoms. The molecule has 0 bridgehead atoms. The van der Waals surface area contributed by atoms with Gasteiger partial charge in [-0.15, -0.1) is 0 Å². The number of anilines is 1. The minimum atomic E-state index is -1.04. The number of nitrogen functional groups attached to an aromatic ring is 1. The molecule has 3 N–H and O–H groups in total. The third-order valence-electron chi connectivity index (χ3n) is 3.43. The number of amides is 2. The number of aromatic nitrogens is 1. The maximum Gasteiger partial charge on any atom is 0.262 e. The monoisotopic (exact) mass is 410 g/mol. The van der Waals surface area contributed by atoms with E-state index in [9.17, 15) is 24.0 Å². The van der Waals surface area contributed by atoms with Crippen LogP contribution < -0.4 is 16.6 Å². The summed E-state index contributed by atoms with van der Waals surface area (Å²) in [5, 5.41) is 10.9. The van der Waals surface area contributed by atoms with Crippen molar-refractivity contribution >= 4 is 45.2 Å². The number of hydrogen-bond donors (Lipinski definition) is 2. The number of imide groups is 1. The van der Waals surface area contributed by atoms with Gasteiger partial charge in [0.05, 0.1) is 21.8 Å². The van der Waals surface area contributed by atoms with E-state index in [0.717, 1.165) is 16.7 Å². The van der Waals surface area contributed by atoms with Crippen molar-refractivity contribution in [2.75, 3.05) is 5.73 Å². The highest BCUT2D eigenvalue weighted by molar-refractivity contribution is 9.10. The zero-order valence-electron chi connectivity index (χ0n) is 11.5. The Morgan fingerprint density at radius 2 is 1.96 bits per heavy atom. The van der Waals surface area contributed by atoms with Crippen molar-refractivity contribution in [3.63, 3.8) is 0 Å². The summed E-state index contributed by atoms with van der Waals surface area (Å²) in [6.07, 6.45) is 0. The van der Waals surface area contributed by atoms with E-state index < -0.39 is 28.8 Å². The molecule has 2 heterocycles. The molecule has 1 aromatic carbocycles. The van der Waals surface area contributed by atoms with Crippen LogP contribution in [-0.2, 0) is 0 Å². The van der Waals surface area contributed by atoms with Crippen LogP contribution in [0, 0.1) is 17.1 Å². The first kappa shape index (κ1) is 16.2. The first-order valence-corrected chi connectivity index (χ1v) is 7.44. The van der Waals surface area contributed by atoms with Gasteiger partial charge >= 0.3 is 0 Å². The predicted molar refractivity (Wildman–Crippen MR) is 85.6 cm³/mol. The number of benzene rings is 1. The van der Waals surface area contributed by atoms with Gasteiger partial charge in [-0.25, -0.2) is 4.39 Å². The van der Waals surface area contributed by atoms with Crippen LogP contribution in [0.3, 0.4) is 0 Å². The third-order valence-corrected chi connectivity index (χ3v) is 4.31. The summed E-state index contributed by atoms with van der Waals surface area (Å²) in [6.45, 7) is 0. The lowest BCUT2D eigenvalue weighted by molar-refractivity contribution is 0.0880. The Hall–Kier alpha value is -2.70. The Morgan fingerprint density at radius 3 is 2.58 bits per heavy atom.